The number of hydrogen-bond acceptors (Lipinski definition) is 3. The molecular formula is C17H21N3. The number of nitrogens with zero attached hydrogens (tertiary/aromatic N) is 2. The second-order valence-electron chi connectivity index (χ2n) is 5.48. The van der Waals surface area contributed by atoms with Gasteiger partial charge in [-0.15, -0.1) is 0 Å². The van der Waals surface area contributed by atoms with Crippen LogP contribution in [0.15, 0.2) is 42.6 Å². The van der Waals surface area contributed by atoms with Crippen LogP contribution in [0.3, 0.4) is 0 Å². The number of aryl methyl sites for hydroxylation is 1. The summed E-state index contributed by atoms with van der Waals surface area (Å²) in [6, 6.07) is 12.3. The number of pyridine rings is 1. The van der Waals surface area contributed by atoms with Crippen LogP contribution in [-0.2, 0) is 0 Å². The van der Waals surface area contributed by atoms with Crippen molar-refractivity contribution in [2.45, 2.75) is 25.8 Å². The largest absolute Gasteiger partial charge is 0.357 e. The van der Waals surface area contributed by atoms with E-state index in [1.165, 1.54) is 18.4 Å². The highest BCUT2D eigenvalue weighted by atomic mass is 15.2. The average Bonchev–Trinajstić information content (AvgIpc) is 3.01. The average molecular weight is 267 g/mol. The number of hydrogen-bond donors (Lipinski definition) is 1. The zero-order valence-electron chi connectivity index (χ0n) is 11.9. The third-order valence-electron chi connectivity index (χ3n) is 4.06. The van der Waals surface area contributed by atoms with Crippen molar-refractivity contribution in [3.63, 3.8) is 0 Å². The molecule has 104 valence electrons. The maximum atomic E-state index is 6.37. The third kappa shape index (κ3) is 2.54. The van der Waals surface area contributed by atoms with Crippen molar-refractivity contribution in [3.8, 4) is 0 Å². The molecule has 3 heteroatoms. The molecule has 2 N–H and O–H groups in total. The molecule has 0 radical (unpaired) electrons. The van der Waals surface area contributed by atoms with Gasteiger partial charge < -0.3 is 10.6 Å². The molecular weight excluding hydrogens is 246 g/mol. The number of rotatable bonds is 3. The Labute approximate surface area is 120 Å². The Kier molecular flexibility index (Phi) is 3.70. The highest BCUT2D eigenvalue weighted by Gasteiger charge is 2.16. The lowest BCUT2D eigenvalue weighted by Crippen LogP contribution is -2.20. The summed E-state index contributed by atoms with van der Waals surface area (Å²) in [6.45, 7) is 4.37. The van der Waals surface area contributed by atoms with Crippen LogP contribution in [0.2, 0.25) is 0 Å². The monoisotopic (exact) mass is 267 g/mol. The standard InChI is InChI=1S/C17H21N3/c1-13-11-16(20-9-5-6-10-20)19-12-15(13)17(18)14-7-3-2-4-8-14/h2-4,7-8,11-12,17H,5-6,9-10,18H2,1H3/t17-/m1/s1. The van der Waals surface area contributed by atoms with E-state index in [9.17, 15) is 0 Å². The summed E-state index contributed by atoms with van der Waals surface area (Å²) in [5.74, 6) is 1.09. The summed E-state index contributed by atoms with van der Waals surface area (Å²) in [7, 11) is 0. The fourth-order valence-electron chi connectivity index (χ4n) is 2.84. The second kappa shape index (κ2) is 5.63. The number of anilines is 1. The molecule has 1 saturated heterocycles. The summed E-state index contributed by atoms with van der Waals surface area (Å²) in [5.41, 5.74) is 9.83. The topological polar surface area (TPSA) is 42.2 Å². The zero-order valence-corrected chi connectivity index (χ0v) is 11.9. The van der Waals surface area contributed by atoms with Gasteiger partial charge in [-0.3, -0.25) is 0 Å². The lowest BCUT2D eigenvalue weighted by molar-refractivity contribution is 0.845. The molecule has 3 rings (SSSR count). The van der Waals surface area contributed by atoms with Crippen molar-refractivity contribution in [3.05, 3.63) is 59.3 Å². The van der Waals surface area contributed by atoms with E-state index < -0.39 is 0 Å². The van der Waals surface area contributed by atoms with E-state index in [1.807, 2.05) is 24.4 Å². The fraction of sp³-hybridized carbons (Fsp3) is 0.353. The van der Waals surface area contributed by atoms with Gasteiger partial charge in [-0.25, -0.2) is 4.98 Å². The molecule has 1 atom stereocenters. The van der Waals surface area contributed by atoms with Gasteiger partial charge in [-0.05, 0) is 42.5 Å². The van der Waals surface area contributed by atoms with Crippen molar-refractivity contribution in [1.82, 2.24) is 4.98 Å². The predicted molar refractivity (Wildman–Crippen MR) is 82.9 cm³/mol. The van der Waals surface area contributed by atoms with Gasteiger partial charge in [0.05, 0.1) is 6.04 Å². The van der Waals surface area contributed by atoms with Crippen LogP contribution in [0, 0.1) is 6.92 Å². The van der Waals surface area contributed by atoms with Crippen LogP contribution in [0.5, 0.6) is 0 Å². The molecule has 0 saturated carbocycles. The number of nitrogens with two attached hydrogens (primary N) is 1. The van der Waals surface area contributed by atoms with Crippen LogP contribution in [0.25, 0.3) is 0 Å². The van der Waals surface area contributed by atoms with Crippen molar-refractivity contribution < 1.29 is 0 Å². The Morgan fingerprint density at radius 2 is 1.85 bits per heavy atom. The van der Waals surface area contributed by atoms with E-state index >= 15 is 0 Å². The zero-order chi connectivity index (χ0) is 13.9. The van der Waals surface area contributed by atoms with E-state index in [-0.39, 0.29) is 6.04 Å². The summed E-state index contributed by atoms with van der Waals surface area (Å²) >= 11 is 0. The first-order valence-electron chi connectivity index (χ1n) is 7.28. The molecule has 0 amide bonds. The summed E-state index contributed by atoms with van der Waals surface area (Å²) in [4.78, 5) is 6.97. The first-order chi connectivity index (χ1) is 9.75. The molecule has 1 aromatic carbocycles. The second-order valence-corrected chi connectivity index (χ2v) is 5.48. The molecule has 0 aliphatic carbocycles. The number of benzene rings is 1. The molecule has 1 aromatic heterocycles. The van der Waals surface area contributed by atoms with Crippen molar-refractivity contribution in [1.29, 1.82) is 0 Å². The third-order valence-corrected chi connectivity index (χ3v) is 4.06. The van der Waals surface area contributed by atoms with E-state index in [1.54, 1.807) is 0 Å². The van der Waals surface area contributed by atoms with Crippen LogP contribution >= 0.6 is 0 Å². The Hall–Kier alpha value is -1.87. The van der Waals surface area contributed by atoms with Crippen molar-refractivity contribution in [2.24, 2.45) is 5.73 Å². The molecule has 0 bridgehead atoms. The summed E-state index contributed by atoms with van der Waals surface area (Å²) < 4.78 is 0. The molecule has 0 spiro atoms. The molecule has 2 aromatic rings. The first-order valence-corrected chi connectivity index (χ1v) is 7.28. The lowest BCUT2D eigenvalue weighted by atomic mass is 9.97. The highest BCUT2D eigenvalue weighted by molar-refractivity contribution is 5.46. The minimum absolute atomic E-state index is 0.101. The number of aromatic nitrogens is 1. The molecule has 3 nitrogen and oxygen atoms in total. The summed E-state index contributed by atoms with van der Waals surface area (Å²) in [5, 5.41) is 0. The van der Waals surface area contributed by atoms with Gasteiger partial charge in [-0.2, -0.15) is 0 Å². The van der Waals surface area contributed by atoms with Crippen LogP contribution < -0.4 is 10.6 Å². The Morgan fingerprint density at radius 3 is 2.50 bits per heavy atom. The quantitative estimate of drug-likeness (QED) is 0.929. The molecule has 20 heavy (non-hydrogen) atoms. The Balaban J connectivity index is 1.87. The predicted octanol–water partition coefficient (Wildman–Crippen LogP) is 3.04. The highest BCUT2D eigenvalue weighted by Crippen LogP contribution is 2.25. The smallest absolute Gasteiger partial charge is 0.128 e. The van der Waals surface area contributed by atoms with E-state index in [4.69, 9.17) is 5.73 Å². The van der Waals surface area contributed by atoms with Gasteiger partial charge in [-0.1, -0.05) is 30.3 Å². The van der Waals surface area contributed by atoms with Gasteiger partial charge in [0.15, 0.2) is 0 Å². The summed E-state index contributed by atoms with van der Waals surface area (Å²) in [6.07, 6.45) is 4.48. The van der Waals surface area contributed by atoms with Gasteiger partial charge in [0.25, 0.3) is 0 Å². The van der Waals surface area contributed by atoms with Gasteiger partial charge >= 0.3 is 0 Å². The maximum absolute atomic E-state index is 6.37. The molecule has 2 heterocycles. The minimum Gasteiger partial charge on any atom is -0.357 e. The molecule has 1 aliphatic rings. The normalized spacial score (nSPS) is 16.4. The van der Waals surface area contributed by atoms with E-state index in [0.717, 1.165) is 30.0 Å². The Bertz CT molecular complexity index is 574. The van der Waals surface area contributed by atoms with Crippen LogP contribution in [-0.4, -0.2) is 18.1 Å². The van der Waals surface area contributed by atoms with Crippen molar-refractivity contribution >= 4 is 5.82 Å². The maximum Gasteiger partial charge on any atom is 0.128 e. The van der Waals surface area contributed by atoms with Crippen LogP contribution in [0.1, 0.15) is 35.6 Å². The van der Waals surface area contributed by atoms with Gasteiger partial charge in [0.2, 0.25) is 0 Å². The molecule has 1 aliphatic heterocycles. The lowest BCUT2D eigenvalue weighted by Gasteiger charge is -2.20. The van der Waals surface area contributed by atoms with Gasteiger partial charge in [0, 0.05) is 19.3 Å². The van der Waals surface area contributed by atoms with E-state index in [0.29, 0.717) is 0 Å². The Morgan fingerprint density at radius 1 is 1.15 bits per heavy atom. The molecule has 0 unspecified atom stereocenters. The minimum atomic E-state index is -0.101. The van der Waals surface area contributed by atoms with Crippen LogP contribution in [0.4, 0.5) is 5.82 Å². The first kappa shape index (κ1) is 13.1. The van der Waals surface area contributed by atoms with E-state index in [2.05, 4.69) is 35.0 Å². The van der Waals surface area contributed by atoms with Crippen molar-refractivity contribution in [2.75, 3.05) is 18.0 Å². The SMILES string of the molecule is Cc1cc(N2CCCC2)ncc1[C@H](N)c1ccccc1. The fourth-order valence-corrected chi connectivity index (χ4v) is 2.84. The molecule has 1 fully saturated rings. The van der Waals surface area contributed by atoms with Gasteiger partial charge in [0.1, 0.15) is 5.82 Å².